The second-order valence-electron chi connectivity index (χ2n) is 4.60. The summed E-state index contributed by atoms with van der Waals surface area (Å²) in [5, 5.41) is 0. The maximum Gasteiger partial charge on any atom is 0.0223 e. The van der Waals surface area contributed by atoms with E-state index in [-0.39, 0.29) is 0 Å². The first kappa shape index (κ1) is 16.8. The number of alkyl halides is 1. The SMILES string of the molecule is CCCCC=CC=CCCCCCCCCCl. The number of unbranched alkanes of at least 4 members (excludes halogenated alkanes) is 8. The molecule has 0 rings (SSSR count). The summed E-state index contributed by atoms with van der Waals surface area (Å²) in [6.45, 7) is 2.23. The molecule has 0 aromatic heterocycles. The van der Waals surface area contributed by atoms with Crippen LogP contribution >= 0.6 is 11.6 Å². The molecule has 0 unspecified atom stereocenters. The van der Waals surface area contributed by atoms with Gasteiger partial charge in [0.1, 0.15) is 0 Å². The van der Waals surface area contributed by atoms with Gasteiger partial charge >= 0.3 is 0 Å². The summed E-state index contributed by atoms with van der Waals surface area (Å²) >= 11 is 5.63. The zero-order chi connectivity index (χ0) is 12.6. The van der Waals surface area contributed by atoms with Crippen LogP contribution < -0.4 is 0 Å². The van der Waals surface area contributed by atoms with Gasteiger partial charge in [0, 0.05) is 5.88 Å². The Balaban J connectivity index is 3.11. The van der Waals surface area contributed by atoms with Crippen molar-refractivity contribution in [2.75, 3.05) is 5.88 Å². The van der Waals surface area contributed by atoms with Crippen molar-refractivity contribution in [3.8, 4) is 0 Å². The van der Waals surface area contributed by atoms with E-state index in [9.17, 15) is 0 Å². The van der Waals surface area contributed by atoms with Gasteiger partial charge in [-0.25, -0.2) is 0 Å². The van der Waals surface area contributed by atoms with Crippen molar-refractivity contribution in [1.82, 2.24) is 0 Å². The fourth-order valence-electron chi connectivity index (χ4n) is 1.74. The second-order valence-corrected chi connectivity index (χ2v) is 4.98. The first-order valence-corrected chi connectivity index (χ1v) is 7.83. The molecule has 0 aliphatic rings. The van der Waals surface area contributed by atoms with Crippen LogP contribution in [0.1, 0.15) is 71.1 Å². The van der Waals surface area contributed by atoms with E-state index >= 15 is 0 Å². The third-order valence-corrected chi connectivity index (χ3v) is 3.13. The van der Waals surface area contributed by atoms with Crippen molar-refractivity contribution < 1.29 is 0 Å². The molecule has 0 aliphatic heterocycles. The van der Waals surface area contributed by atoms with Crippen molar-refractivity contribution in [3.05, 3.63) is 24.3 Å². The molecule has 0 heterocycles. The largest absolute Gasteiger partial charge is 0.127 e. The van der Waals surface area contributed by atoms with Crippen LogP contribution in [0.15, 0.2) is 24.3 Å². The Hall–Kier alpha value is -0.230. The van der Waals surface area contributed by atoms with Crippen molar-refractivity contribution >= 4 is 11.6 Å². The molecule has 0 saturated carbocycles. The number of hydrogen-bond donors (Lipinski definition) is 0. The van der Waals surface area contributed by atoms with E-state index in [1.165, 1.54) is 64.2 Å². The van der Waals surface area contributed by atoms with E-state index in [0.717, 1.165) is 5.88 Å². The molecule has 0 amide bonds. The van der Waals surface area contributed by atoms with Crippen LogP contribution in [0.4, 0.5) is 0 Å². The molecule has 0 aromatic rings. The average Bonchev–Trinajstić information content (AvgIpc) is 2.35. The van der Waals surface area contributed by atoms with Gasteiger partial charge < -0.3 is 0 Å². The molecular formula is C16H29Cl. The highest BCUT2D eigenvalue weighted by Crippen LogP contribution is 2.08. The number of allylic oxidation sites excluding steroid dienone is 4. The third-order valence-electron chi connectivity index (χ3n) is 2.86. The molecule has 0 atom stereocenters. The first-order valence-electron chi connectivity index (χ1n) is 7.29. The standard InChI is InChI=1S/C16H29Cl/c1-2-3-4-5-6-7-8-9-10-11-12-13-14-15-16-17/h5-8H,2-4,9-16H2,1H3. The Labute approximate surface area is 113 Å². The molecule has 0 nitrogen and oxygen atoms in total. The summed E-state index contributed by atoms with van der Waals surface area (Å²) < 4.78 is 0. The Morgan fingerprint density at radius 2 is 1.24 bits per heavy atom. The Bertz CT molecular complexity index is 182. The zero-order valence-corrected chi connectivity index (χ0v) is 12.2. The molecule has 0 N–H and O–H groups in total. The minimum absolute atomic E-state index is 0.826. The van der Waals surface area contributed by atoms with E-state index in [1.807, 2.05) is 0 Å². The second kappa shape index (κ2) is 15.8. The molecule has 0 fully saturated rings. The fraction of sp³-hybridized carbons (Fsp3) is 0.750. The van der Waals surface area contributed by atoms with Crippen LogP contribution in [-0.2, 0) is 0 Å². The summed E-state index contributed by atoms with van der Waals surface area (Å²) in [6.07, 6.45) is 21.9. The molecule has 0 aliphatic carbocycles. The molecule has 100 valence electrons. The van der Waals surface area contributed by atoms with Gasteiger partial charge in [-0.1, -0.05) is 69.8 Å². The van der Waals surface area contributed by atoms with Gasteiger partial charge in [-0.05, 0) is 25.7 Å². The number of halogens is 1. The highest BCUT2D eigenvalue weighted by atomic mass is 35.5. The zero-order valence-electron chi connectivity index (χ0n) is 11.5. The monoisotopic (exact) mass is 256 g/mol. The van der Waals surface area contributed by atoms with E-state index in [4.69, 9.17) is 11.6 Å². The van der Waals surface area contributed by atoms with Gasteiger partial charge in [0.25, 0.3) is 0 Å². The van der Waals surface area contributed by atoms with Crippen molar-refractivity contribution in [2.24, 2.45) is 0 Å². The van der Waals surface area contributed by atoms with E-state index in [2.05, 4.69) is 31.2 Å². The van der Waals surface area contributed by atoms with E-state index in [1.54, 1.807) is 0 Å². The lowest BCUT2D eigenvalue weighted by atomic mass is 10.1. The Kier molecular flexibility index (Phi) is 15.6. The predicted octanol–water partition coefficient (Wildman–Crippen LogP) is 6.26. The number of hydrogen-bond acceptors (Lipinski definition) is 0. The predicted molar refractivity (Wildman–Crippen MR) is 80.8 cm³/mol. The Morgan fingerprint density at radius 1 is 0.706 bits per heavy atom. The van der Waals surface area contributed by atoms with Gasteiger partial charge in [0.15, 0.2) is 0 Å². The van der Waals surface area contributed by atoms with Crippen LogP contribution in [0.25, 0.3) is 0 Å². The lowest BCUT2D eigenvalue weighted by molar-refractivity contribution is 0.612. The van der Waals surface area contributed by atoms with Crippen LogP contribution in [0.3, 0.4) is 0 Å². The Morgan fingerprint density at radius 3 is 1.82 bits per heavy atom. The molecule has 0 saturated heterocycles. The molecule has 0 spiro atoms. The van der Waals surface area contributed by atoms with E-state index < -0.39 is 0 Å². The smallest absolute Gasteiger partial charge is 0.0223 e. The topological polar surface area (TPSA) is 0 Å². The van der Waals surface area contributed by atoms with Crippen LogP contribution in [-0.4, -0.2) is 5.88 Å². The van der Waals surface area contributed by atoms with Gasteiger partial charge in [0.05, 0.1) is 0 Å². The molecular weight excluding hydrogens is 228 g/mol. The number of rotatable bonds is 12. The highest BCUT2D eigenvalue weighted by Gasteiger charge is 1.89. The van der Waals surface area contributed by atoms with E-state index in [0.29, 0.717) is 0 Å². The molecule has 0 aromatic carbocycles. The van der Waals surface area contributed by atoms with Crippen molar-refractivity contribution in [2.45, 2.75) is 71.1 Å². The summed E-state index contributed by atoms with van der Waals surface area (Å²) in [5.74, 6) is 0.826. The van der Waals surface area contributed by atoms with Crippen molar-refractivity contribution in [1.29, 1.82) is 0 Å². The van der Waals surface area contributed by atoms with Crippen LogP contribution in [0.5, 0.6) is 0 Å². The third kappa shape index (κ3) is 15.8. The first-order chi connectivity index (χ1) is 8.41. The minimum Gasteiger partial charge on any atom is -0.127 e. The summed E-state index contributed by atoms with van der Waals surface area (Å²) in [5.41, 5.74) is 0. The quantitative estimate of drug-likeness (QED) is 0.220. The fourth-order valence-corrected chi connectivity index (χ4v) is 1.92. The van der Waals surface area contributed by atoms with Crippen LogP contribution in [0.2, 0.25) is 0 Å². The van der Waals surface area contributed by atoms with Gasteiger partial charge in [-0.3, -0.25) is 0 Å². The van der Waals surface area contributed by atoms with Crippen molar-refractivity contribution in [3.63, 3.8) is 0 Å². The van der Waals surface area contributed by atoms with Gasteiger partial charge in [-0.15, -0.1) is 11.6 Å². The molecule has 0 radical (unpaired) electrons. The molecule has 0 bridgehead atoms. The summed E-state index contributed by atoms with van der Waals surface area (Å²) in [7, 11) is 0. The highest BCUT2D eigenvalue weighted by molar-refractivity contribution is 6.17. The van der Waals surface area contributed by atoms with Crippen LogP contribution in [0, 0.1) is 0 Å². The maximum atomic E-state index is 5.63. The van der Waals surface area contributed by atoms with Gasteiger partial charge in [0.2, 0.25) is 0 Å². The lowest BCUT2D eigenvalue weighted by Crippen LogP contribution is -1.80. The molecule has 17 heavy (non-hydrogen) atoms. The lowest BCUT2D eigenvalue weighted by Gasteiger charge is -1.98. The summed E-state index contributed by atoms with van der Waals surface area (Å²) in [6, 6.07) is 0. The van der Waals surface area contributed by atoms with Gasteiger partial charge in [-0.2, -0.15) is 0 Å². The average molecular weight is 257 g/mol. The molecule has 1 heteroatoms. The normalized spacial score (nSPS) is 11.9. The maximum absolute atomic E-state index is 5.63. The minimum atomic E-state index is 0.826. The summed E-state index contributed by atoms with van der Waals surface area (Å²) in [4.78, 5) is 0.